The zero-order valence-corrected chi connectivity index (χ0v) is 23.4. The molecule has 1 saturated heterocycles. The van der Waals surface area contributed by atoms with Gasteiger partial charge in [0.15, 0.2) is 5.52 Å². The van der Waals surface area contributed by atoms with Gasteiger partial charge in [0, 0.05) is 38.6 Å². The Hall–Kier alpha value is -2.53. The summed E-state index contributed by atoms with van der Waals surface area (Å²) < 4.78 is 16.4. The first-order valence-corrected chi connectivity index (χ1v) is 13.8. The molecule has 1 atom stereocenters. The number of nitrogens with one attached hydrogen (secondary N) is 2. The molecule has 0 bridgehead atoms. The van der Waals surface area contributed by atoms with Crippen LogP contribution in [0.1, 0.15) is 66.5 Å². The number of nitrogens with zero attached hydrogens (tertiary/aromatic N) is 6. The van der Waals surface area contributed by atoms with Crippen molar-refractivity contribution in [2.45, 2.75) is 71.2 Å². The van der Waals surface area contributed by atoms with Crippen molar-refractivity contribution in [2.24, 2.45) is 18.4 Å². The lowest BCUT2D eigenvalue weighted by Crippen LogP contribution is -2.41. The fourth-order valence-corrected chi connectivity index (χ4v) is 5.75. The number of rotatable bonds is 7. The molecule has 0 aliphatic carbocycles. The summed E-state index contributed by atoms with van der Waals surface area (Å²) in [5.74, 6) is 1.02. The molecule has 10 nitrogen and oxygen atoms in total. The highest BCUT2D eigenvalue weighted by molar-refractivity contribution is 7.82. The van der Waals surface area contributed by atoms with Gasteiger partial charge in [0.05, 0.1) is 18.2 Å². The number of fused-ring (bicyclic) bond motifs is 1. The third-order valence-electron chi connectivity index (χ3n) is 6.77. The van der Waals surface area contributed by atoms with Crippen LogP contribution in [0.15, 0.2) is 22.3 Å². The Bertz CT molecular complexity index is 1260. The minimum atomic E-state index is -1.21. The van der Waals surface area contributed by atoms with Gasteiger partial charge < -0.3 is 9.88 Å². The van der Waals surface area contributed by atoms with Crippen LogP contribution >= 0.6 is 0 Å². The molecule has 0 saturated carbocycles. The van der Waals surface area contributed by atoms with Crippen LogP contribution in [-0.4, -0.2) is 64.4 Å². The van der Waals surface area contributed by atoms with Crippen molar-refractivity contribution in [3.8, 4) is 0 Å². The SMILES string of the molecule is Cn1nc(C(C)(C)C)c2nc(N(CCC(C)(C)C)CC3CCN(S(=O)c4cnc[nH]4)CC3)[nH]c(=O)c21. The third kappa shape index (κ3) is 5.88. The normalized spacial score (nSPS) is 17.1. The first-order valence-electron chi connectivity index (χ1n) is 12.7. The van der Waals surface area contributed by atoms with E-state index >= 15 is 0 Å². The van der Waals surface area contributed by atoms with Gasteiger partial charge in [-0.25, -0.2) is 18.5 Å². The zero-order valence-electron chi connectivity index (χ0n) is 22.6. The summed E-state index contributed by atoms with van der Waals surface area (Å²) in [6, 6.07) is 0. The fourth-order valence-electron chi connectivity index (χ4n) is 4.62. The van der Waals surface area contributed by atoms with Crippen molar-refractivity contribution >= 4 is 28.0 Å². The van der Waals surface area contributed by atoms with Gasteiger partial charge in [-0.1, -0.05) is 41.5 Å². The highest BCUT2D eigenvalue weighted by Gasteiger charge is 2.29. The van der Waals surface area contributed by atoms with Crippen molar-refractivity contribution in [3.63, 3.8) is 0 Å². The fraction of sp³-hybridized carbons (Fsp3) is 0.680. The maximum Gasteiger partial charge on any atom is 0.278 e. The van der Waals surface area contributed by atoms with Crippen LogP contribution in [0.3, 0.4) is 0 Å². The molecular weight excluding hydrogens is 476 g/mol. The second-order valence-corrected chi connectivity index (χ2v) is 13.6. The van der Waals surface area contributed by atoms with E-state index in [9.17, 15) is 9.00 Å². The molecule has 1 aliphatic heterocycles. The molecule has 2 N–H and O–H groups in total. The summed E-state index contributed by atoms with van der Waals surface area (Å²) in [6.45, 7) is 16.1. The van der Waals surface area contributed by atoms with E-state index in [2.05, 4.69) is 66.5 Å². The summed E-state index contributed by atoms with van der Waals surface area (Å²) >= 11 is 0. The topological polar surface area (TPSA) is 116 Å². The molecule has 4 rings (SSSR count). The number of hydrogen-bond acceptors (Lipinski definition) is 6. The standard InChI is InChI=1S/C25H40N8O2S/c1-24(2,3)10-13-32(15-17-8-11-33(12-9-17)36(35)18-14-26-16-27-18)23-28-19-20(22(34)29-23)31(7)30-21(19)25(4,5)6/h14,16-17H,8-13,15H2,1-7H3,(H,26,27)(H,28,29,34). The van der Waals surface area contributed by atoms with Gasteiger partial charge >= 0.3 is 0 Å². The number of aromatic nitrogens is 6. The first-order chi connectivity index (χ1) is 16.8. The molecule has 1 aliphatic rings. The molecule has 0 amide bonds. The predicted molar refractivity (Wildman–Crippen MR) is 143 cm³/mol. The van der Waals surface area contributed by atoms with Gasteiger partial charge in [0.25, 0.3) is 5.56 Å². The smallest absolute Gasteiger partial charge is 0.278 e. The molecule has 3 aromatic rings. The van der Waals surface area contributed by atoms with Gasteiger partial charge in [0.1, 0.15) is 21.5 Å². The number of H-pyrrole nitrogens is 2. The van der Waals surface area contributed by atoms with Gasteiger partial charge in [-0.3, -0.25) is 14.5 Å². The van der Waals surface area contributed by atoms with E-state index in [4.69, 9.17) is 4.98 Å². The molecule has 36 heavy (non-hydrogen) atoms. The average Bonchev–Trinajstić information content (AvgIpc) is 3.44. The molecule has 0 aromatic carbocycles. The monoisotopic (exact) mass is 516 g/mol. The lowest BCUT2D eigenvalue weighted by Gasteiger charge is -2.35. The van der Waals surface area contributed by atoms with Gasteiger partial charge in [-0.05, 0) is 30.6 Å². The average molecular weight is 517 g/mol. The lowest BCUT2D eigenvalue weighted by atomic mass is 9.91. The number of hydrogen-bond donors (Lipinski definition) is 2. The number of aryl methyl sites for hydroxylation is 1. The molecular formula is C25H40N8O2S. The van der Waals surface area contributed by atoms with E-state index < -0.39 is 11.0 Å². The summed E-state index contributed by atoms with van der Waals surface area (Å²) in [6.07, 6.45) is 6.01. The number of piperidine rings is 1. The van der Waals surface area contributed by atoms with Crippen LogP contribution in [0, 0.1) is 11.3 Å². The van der Waals surface area contributed by atoms with Gasteiger partial charge in [-0.15, -0.1) is 0 Å². The Labute approximate surface area is 215 Å². The number of aromatic amines is 2. The Morgan fingerprint density at radius 3 is 2.44 bits per heavy atom. The van der Waals surface area contributed by atoms with E-state index in [1.807, 2.05) is 4.31 Å². The van der Waals surface area contributed by atoms with Crippen LogP contribution in [0.2, 0.25) is 0 Å². The van der Waals surface area contributed by atoms with Crippen molar-refractivity contribution < 1.29 is 4.21 Å². The molecule has 0 spiro atoms. The second kappa shape index (κ2) is 10.1. The van der Waals surface area contributed by atoms with Crippen molar-refractivity contribution in [1.82, 2.24) is 34.0 Å². The summed E-state index contributed by atoms with van der Waals surface area (Å²) in [4.78, 5) is 30.4. The zero-order chi connectivity index (χ0) is 26.3. The summed E-state index contributed by atoms with van der Waals surface area (Å²) in [5.41, 5.74) is 1.77. The first kappa shape index (κ1) is 26.5. The minimum Gasteiger partial charge on any atom is -0.342 e. The van der Waals surface area contributed by atoms with Crippen molar-refractivity contribution in [1.29, 1.82) is 0 Å². The van der Waals surface area contributed by atoms with E-state index in [1.54, 1.807) is 24.3 Å². The molecule has 3 aromatic heterocycles. The number of imidazole rings is 1. The highest BCUT2D eigenvalue weighted by Crippen LogP contribution is 2.29. The second-order valence-electron chi connectivity index (χ2n) is 12.1. The Morgan fingerprint density at radius 2 is 1.86 bits per heavy atom. The molecule has 0 radical (unpaired) electrons. The van der Waals surface area contributed by atoms with Crippen LogP contribution in [0.25, 0.3) is 11.0 Å². The quantitative estimate of drug-likeness (QED) is 0.498. The summed E-state index contributed by atoms with van der Waals surface area (Å²) in [5, 5.41) is 5.28. The molecule has 1 fully saturated rings. The third-order valence-corrected chi connectivity index (χ3v) is 8.20. The summed E-state index contributed by atoms with van der Waals surface area (Å²) in [7, 11) is 0.585. The Balaban J connectivity index is 1.58. The molecule has 11 heteroatoms. The Morgan fingerprint density at radius 1 is 1.17 bits per heavy atom. The van der Waals surface area contributed by atoms with Crippen LogP contribution in [0.4, 0.5) is 5.95 Å². The Kier molecular flexibility index (Phi) is 7.43. The highest BCUT2D eigenvalue weighted by atomic mass is 32.2. The van der Waals surface area contributed by atoms with Gasteiger partial charge in [-0.2, -0.15) is 5.10 Å². The maximum absolute atomic E-state index is 13.2. The van der Waals surface area contributed by atoms with E-state index in [-0.39, 0.29) is 16.4 Å². The number of anilines is 1. The van der Waals surface area contributed by atoms with Crippen LogP contribution in [0.5, 0.6) is 0 Å². The molecule has 4 heterocycles. The van der Waals surface area contributed by atoms with Gasteiger partial charge in [0.2, 0.25) is 5.95 Å². The predicted octanol–water partition coefficient (Wildman–Crippen LogP) is 3.35. The largest absolute Gasteiger partial charge is 0.342 e. The van der Waals surface area contributed by atoms with Crippen LogP contribution < -0.4 is 10.5 Å². The van der Waals surface area contributed by atoms with E-state index in [0.717, 1.165) is 51.1 Å². The minimum absolute atomic E-state index is 0.151. The van der Waals surface area contributed by atoms with E-state index in [1.165, 1.54) is 0 Å². The molecule has 198 valence electrons. The van der Waals surface area contributed by atoms with Crippen LogP contribution in [-0.2, 0) is 23.4 Å². The lowest BCUT2D eigenvalue weighted by molar-refractivity contribution is 0.280. The van der Waals surface area contributed by atoms with Crippen molar-refractivity contribution in [3.05, 3.63) is 28.6 Å². The molecule has 1 unspecified atom stereocenters. The van der Waals surface area contributed by atoms with E-state index in [0.29, 0.717) is 27.9 Å². The van der Waals surface area contributed by atoms with Crippen molar-refractivity contribution in [2.75, 3.05) is 31.1 Å². The maximum atomic E-state index is 13.2.